The second-order valence-corrected chi connectivity index (χ2v) is 5.62. The van der Waals surface area contributed by atoms with Crippen molar-refractivity contribution in [3.05, 3.63) is 65.5 Å². The number of carbonyl (C=O) groups excluding carboxylic acids is 1. The SMILES string of the molecule is COC(=O)c1ccc([C@@H]2CC(c3ccncc3)CCN2)cc1. The van der Waals surface area contributed by atoms with E-state index in [0.717, 1.165) is 19.4 Å². The highest BCUT2D eigenvalue weighted by Crippen LogP contribution is 2.33. The molecule has 22 heavy (non-hydrogen) atoms. The molecule has 0 radical (unpaired) electrons. The van der Waals surface area contributed by atoms with Gasteiger partial charge < -0.3 is 10.1 Å². The summed E-state index contributed by atoms with van der Waals surface area (Å²) in [6.45, 7) is 0.996. The van der Waals surface area contributed by atoms with Crippen LogP contribution in [0.25, 0.3) is 0 Å². The van der Waals surface area contributed by atoms with Gasteiger partial charge in [0.2, 0.25) is 0 Å². The Morgan fingerprint density at radius 3 is 2.55 bits per heavy atom. The van der Waals surface area contributed by atoms with Crippen LogP contribution >= 0.6 is 0 Å². The maximum atomic E-state index is 11.5. The van der Waals surface area contributed by atoms with Gasteiger partial charge >= 0.3 is 5.97 Å². The van der Waals surface area contributed by atoms with Crippen molar-refractivity contribution in [3.63, 3.8) is 0 Å². The fourth-order valence-electron chi connectivity index (χ4n) is 3.08. The number of rotatable bonds is 3. The molecule has 3 rings (SSSR count). The highest BCUT2D eigenvalue weighted by atomic mass is 16.5. The van der Waals surface area contributed by atoms with E-state index < -0.39 is 0 Å². The van der Waals surface area contributed by atoms with Gasteiger partial charge in [-0.25, -0.2) is 4.79 Å². The summed E-state index contributed by atoms with van der Waals surface area (Å²) < 4.78 is 4.74. The Morgan fingerprint density at radius 2 is 1.86 bits per heavy atom. The lowest BCUT2D eigenvalue weighted by Gasteiger charge is -2.31. The average Bonchev–Trinajstić information content (AvgIpc) is 2.62. The fraction of sp³-hybridized carbons (Fsp3) is 0.333. The lowest BCUT2D eigenvalue weighted by atomic mass is 9.84. The molecule has 0 spiro atoms. The fourth-order valence-corrected chi connectivity index (χ4v) is 3.08. The summed E-state index contributed by atoms with van der Waals surface area (Å²) in [5, 5.41) is 3.57. The van der Waals surface area contributed by atoms with Crippen LogP contribution in [0.1, 0.15) is 46.3 Å². The van der Waals surface area contributed by atoms with Gasteiger partial charge in [0.25, 0.3) is 0 Å². The monoisotopic (exact) mass is 296 g/mol. The highest BCUT2D eigenvalue weighted by molar-refractivity contribution is 5.89. The van der Waals surface area contributed by atoms with E-state index in [1.165, 1.54) is 18.2 Å². The van der Waals surface area contributed by atoms with Gasteiger partial charge in [0.15, 0.2) is 0 Å². The van der Waals surface area contributed by atoms with Gasteiger partial charge in [-0.1, -0.05) is 12.1 Å². The van der Waals surface area contributed by atoms with Crippen molar-refractivity contribution in [2.45, 2.75) is 24.8 Å². The molecule has 4 nitrogen and oxygen atoms in total. The Bertz CT molecular complexity index is 625. The second-order valence-electron chi connectivity index (χ2n) is 5.62. The van der Waals surface area contributed by atoms with Crippen molar-refractivity contribution in [2.24, 2.45) is 0 Å². The molecule has 1 aromatic heterocycles. The van der Waals surface area contributed by atoms with Gasteiger partial charge in [-0.2, -0.15) is 0 Å². The molecule has 114 valence electrons. The van der Waals surface area contributed by atoms with Crippen LogP contribution in [0, 0.1) is 0 Å². The van der Waals surface area contributed by atoms with Crippen molar-refractivity contribution < 1.29 is 9.53 Å². The number of pyridine rings is 1. The summed E-state index contributed by atoms with van der Waals surface area (Å²) in [6.07, 6.45) is 5.91. The zero-order valence-corrected chi connectivity index (χ0v) is 12.7. The average molecular weight is 296 g/mol. The Morgan fingerprint density at radius 1 is 1.14 bits per heavy atom. The third-order valence-corrected chi connectivity index (χ3v) is 4.32. The molecule has 4 heteroatoms. The topological polar surface area (TPSA) is 51.2 Å². The summed E-state index contributed by atoms with van der Waals surface area (Å²) >= 11 is 0. The maximum absolute atomic E-state index is 11.5. The number of nitrogens with zero attached hydrogens (tertiary/aromatic N) is 1. The predicted molar refractivity (Wildman–Crippen MR) is 84.7 cm³/mol. The lowest BCUT2D eigenvalue weighted by Crippen LogP contribution is -2.30. The van der Waals surface area contributed by atoms with E-state index in [4.69, 9.17) is 4.74 Å². The molecule has 2 heterocycles. The lowest BCUT2D eigenvalue weighted by molar-refractivity contribution is 0.0600. The molecular formula is C18H20N2O2. The van der Waals surface area contributed by atoms with Gasteiger partial charge in [-0.3, -0.25) is 4.98 Å². The number of benzene rings is 1. The second kappa shape index (κ2) is 6.71. The molecule has 0 bridgehead atoms. The number of methoxy groups -OCH3 is 1. The third-order valence-electron chi connectivity index (χ3n) is 4.32. The molecule has 1 aromatic carbocycles. The summed E-state index contributed by atoms with van der Waals surface area (Å²) in [7, 11) is 1.40. The van der Waals surface area contributed by atoms with Crippen molar-refractivity contribution >= 4 is 5.97 Å². The summed E-state index contributed by atoms with van der Waals surface area (Å²) in [4.78, 5) is 15.6. The quantitative estimate of drug-likeness (QED) is 0.884. The molecule has 2 atom stereocenters. The van der Waals surface area contributed by atoms with E-state index in [2.05, 4.69) is 22.4 Å². The van der Waals surface area contributed by atoms with Gasteiger partial charge in [0.05, 0.1) is 12.7 Å². The van der Waals surface area contributed by atoms with Gasteiger partial charge in [0, 0.05) is 18.4 Å². The van der Waals surface area contributed by atoms with Crippen LogP contribution in [0.4, 0.5) is 0 Å². The van der Waals surface area contributed by atoms with E-state index in [9.17, 15) is 4.79 Å². The van der Waals surface area contributed by atoms with Crippen molar-refractivity contribution in [3.8, 4) is 0 Å². The number of aromatic nitrogens is 1. The minimum Gasteiger partial charge on any atom is -0.465 e. The van der Waals surface area contributed by atoms with Crippen molar-refractivity contribution in [1.29, 1.82) is 0 Å². The van der Waals surface area contributed by atoms with Crippen LogP contribution in [-0.2, 0) is 4.74 Å². The standard InChI is InChI=1S/C18H20N2O2/c1-22-18(21)15-4-2-14(3-5-15)17-12-16(8-11-20-17)13-6-9-19-10-7-13/h2-7,9-10,16-17,20H,8,11-12H2,1H3/t16?,17-/m0/s1. The van der Waals surface area contributed by atoms with E-state index in [1.807, 2.05) is 36.7 Å². The summed E-state index contributed by atoms with van der Waals surface area (Å²) in [5.41, 5.74) is 3.16. The number of nitrogens with one attached hydrogen (secondary N) is 1. The first-order valence-electron chi connectivity index (χ1n) is 7.59. The molecule has 1 saturated heterocycles. The predicted octanol–water partition coefficient (Wildman–Crippen LogP) is 3.08. The molecule has 1 aliphatic heterocycles. The normalized spacial score (nSPS) is 21.3. The smallest absolute Gasteiger partial charge is 0.337 e. The Labute approximate surface area is 130 Å². The number of piperidine rings is 1. The molecular weight excluding hydrogens is 276 g/mol. The molecule has 0 aliphatic carbocycles. The van der Waals surface area contributed by atoms with Crippen LogP contribution < -0.4 is 5.32 Å². The largest absolute Gasteiger partial charge is 0.465 e. The Kier molecular flexibility index (Phi) is 4.49. The van der Waals surface area contributed by atoms with E-state index >= 15 is 0 Å². The summed E-state index contributed by atoms with van der Waals surface area (Å²) in [5.74, 6) is 0.257. The maximum Gasteiger partial charge on any atom is 0.337 e. The van der Waals surface area contributed by atoms with Crippen LogP contribution in [0.2, 0.25) is 0 Å². The number of esters is 1. The first-order valence-corrected chi connectivity index (χ1v) is 7.59. The van der Waals surface area contributed by atoms with Crippen LogP contribution in [0.3, 0.4) is 0 Å². The highest BCUT2D eigenvalue weighted by Gasteiger charge is 2.24. The minimum absolute atomic E-state index is 0.294. The number of carbonyl (C=O) groups is 1. The van der Waals surface area contributed by atoms with Crippen molar-refractivity contribution in [2.75, 3.05) is 13.7 Å². The zero-order valence-electron chi connectivity index (χ0n) is 12.7. The van der Waals surface area contributed by atoms with Gasteiger partial charge in [0.1, 0.15) is 0 Å². The first-order chi connectivity index (χ1) is 10.8. The molecule has 1 aliphatic rings. The molecule has 1 fully saturated rings. The summed E-state index contributed by atoms with van der Waals surface area (Å²) in [6, 6.07) is 12.2. The van der Waals surface area contributed by atoms with Gasteiger partial charge in [-0.15, -0.1) is 0 Å². The zero-order chi connectivity index (χ0) is 15.4. The van der Waals surface area contributed by atoms with Crippen molar-refractivity contribution in [1.82, 2.24) is 10.3 Å². The van der Waals surface area contributed by atoms with E-state index in [1.54, 1.807) is 0 Å². The first kappa shape index (κ1) is 14.7. The number of ether oxygens (including phenoxy) is 1. The van der Waals surface area contributed by atoms with Crippen LogP contribution in [-0.4, -0.2) is 24.6 Å². The third kappa shape index (κ3) is 3.17. The Hall–Kier alpha value is -2.20. The van der Waals surface area contributed by atoms with Crippen LogP contribution in [0.5, 0.6) is 0 Å². The Balaban J connectivity index is 1.73. The van der Waals surface area contributed by atoms with E-state index in [0.29, 0.717) is 17.5 Å². The van der Waals surface area contributed by atoms with Gasteiger partial charge in [-0.05, 0) is 60.7 Å². The number of hydrogen-bond donors (Lipinski definition) is 1. The molecule has 0 saturated carbocycles. The molecule has 2 aromatic rings. The molecule has 1 unspecified atom stereocenters. The minimum atomic E-state index is -0.294. The number of hydrogen-bond acceptors (Lipinski definition) is 4. The molecule has 1 N–H and O–H groups in total. The molecule has 0 amide bonds. The van der Waals surface area contributed by atoms with E-state index in [-0.39, 0.29) is 5.97 Å². The van der Waals surface area contributed by atoms with Crippen LogP contribution in [0.15, 0.2) is 48.8 Å².